The number of unbranched alkanes of at least 4 members (excludes halogenated alkanes) is 15. The fourth-order valence-corrected chi connectivity index (χ4v) is 7.22. The molecule has 0 radical (unpaired) electrons. The molecular formula is C52H102N7O14+. The molecular weight excluding hydrogens is 947 g/mol. The van der Waals surface area contributed by atoms with Crippen LogP contribution in [0.2, 0.25) is 0 Å². The normalized spacial score (nSPS) is 11.7. The molecule has 0 saturated carbocycles. The van der Waals surface area contributed by atoms with Crippen LogP contribution < -0.4 is 32.3 Å². The van der Waals surface area contributed by atoms with Crippen molar-refractivity contribution in [3.63, 3.8) is 0 Å². The third kappa shape index (κ3) is 56.9. The fraction of sp³-hybridized carbons (Fsp3) is 0.846. The second kappa shape index (κ2) is 52.6. The molecule has 0 fully saturated rings. The third-order valence-corrected chi connectivity index (χ3v) is 10.8. The maximum atomic E-state index is 13.5. The molecule has 428 valence electrons. The van der Waals surface area contributed by atoms with Crippen LogP contribution >= 0.6 is 0 Å². The first kappa shape index (κ1) is 73.0. The summed E-state index contributed by atoms with van der Waals surface area (Å²) >= 11 is 0. The van der Waals surface area contributed by atoms with E-state index < -0.39 is 29.9 Å². The number of amides is 5. The van der Waals surface area contributed by atoms with Gasteiger partial charge in [-0.1, -0.05) is 97.3 Å². The smallest absolute Gasteiger partial charge is 0.305 e. The Labute approximate surface area is 438 Å². The Morgan fingerprint density at radius 1 is 0.466 bits per heavy atom. The first-order chi connectivity index (χ1) is 35.0. The standard InChI is InChI=1S/C49H90N6O14.C2H6.CH5N/c1-40(56)22-18-17-21-27-50-45(59)38-68-34-33-67-31-29-52-46(60)39-69-35-32-66-30-28-51-43(57)26-25-42(49(65)53-41(36-48(63)64)37-55(2,3)4)54-44(58)23-19-15-13-11-9-7-5-6-8-10-12-14-16-20-24-47(61)62;2*1-2/h41-42H,5-39H2,1-4H3,(H6-,50,51,52,53,54,57,58,59,60,61,62,63,64,65);1-2H3;2H2,1H3/p+1. The van der Waals surface area contributed by atoms with E-state index in [4.69, 9.17) is 24.1 Å². The molecule has 2 atom stereocenters. The average Bonchev–Trinajstić information content (AvgIpc) is 3.33. The molecule has 0 aromatic heterocycles. The monoisotopic (exact) mass is 1050 g/mol. The van der Waals surface area contributed by atoms with Gasteiger partial charge in [0.1, 0.15) is 25.0 Å². The lowest BCUT2D eigenvalue weighted by Gasteiger charge is -2.30. The van der Waals surface area contributed by atoms with Gasteiger partial charge in [0.2, 0.25) is 29.5 Å². The second-order valence-electron chi connectivity index (χ2n) is 18.7. The van der Waals surface area contributed by atoms with Crippen LogP contribution in [0.1, 0.15) is 168 Å². The van der Waals surface area contributed by atoms with Gasteiger partial charge in [0, 0.05) is 45.3 Å². The number of nitrogens with one attached hydrogen (secondary N) is 5. The predicted octanol–water partition coefficient (Wildman–Crippen LogP) is 4.41. The van der Waals surface area contributed by atoms with Crippen LogP contribution in [-0.2, 0) is 57.3 Å². The van der Waals surface area contributed by atoms with Crippen LogP contribution in [0.4, 0.5) is 0 Å². The third-order valence-electron chi connectivity index (χ3n) is 10.8. The van der Waals surface area contributed by atoms with E-state index in [1.165, 1.54) is 39.2 Å². The van der Waals surface area contributed by atoms with Gasteiger partial charge in [-0.2, -0.15) is 0 Å². The lowest BCUT2D eigenvalue weighted by molar-refractivity contribution is -0.871. The number of carbonyl (C=O) groups is 8. The number of nitrogens with two attached hydrogens (primary N) is 1. The highest BCUT2D eigenvalue weighted by Crippen LogP contribution is 2.14. The lowest BCUT2D eigenvalue weighted by Crippen LogP contribution is -2.54. The molecule has 0 aromatic carbocycles. The highest BCUT2D eigenvalue weighted by atomic mass is 16.5. The number of ketones is 1. The number of aliphatic carboxylic acids is 2. The summed E-state index contributed by atoms with van der Waals surface area (Å²) in [6.45, 7) is 7.94. The molecule has 0 rings (SSSR count). The van der Waals surface area contributed by atoms with Crippen molar-refractivity contribution in [2.24, 2.45) is 5.73 Å². The molecule has 21 nitrogen and oxygen atoms in total. The second-order valence-corrected chi connectivity index (χ2v) is 18.7. The van der Waals surface area contributed by atoms with E-state index in [1.54, 1.807) is 6.92 Å². The minimum absolute atomic E-state index is 0.0182. The van der Waals surface area contributed by atoms with E-state index in [9.17, 15) is 43.5 Å². The quantitative estimate of drug-likeness (QED) is 0.0309. The Balaban J connectivity index is -0.0000119. The predicted molar refractivity (Wildman–Crippen MR) is 283 cm³/mol. The number of quaternary nitrogens is 1. The average molecular weight is 1050 g/mol. The van der Waals surface area contributed by atoms with Crippen LogP contribution in [0.15, 0.2) is 0 Å². The SMILES string of the molecule is CC.CC(=O)CCCCCNC(=O)COCCOCCNC(=O)COCCOCCNC(=O)CCC(NC(=O)CCCCCCCCCCCCCCCCC(=O)O)C(=O)NC(CC(=O)O)C[N+](C)(C)C.CN. The summed E-state index contributed by atoms with van der Waals surface area (Å²) in [5, 5.41) is 31.9. The van der Waals surface area contributed by atoms with Crippen molar-refractivity contribution in [2.45, 2.75) is 181 Å². The van der Waals surface area contributed by atoms with Crippen LogP contribution in [0.25, 0.3) is 0 Å². The molecule has 2 unspecified atom stereocenters. The highest BCUT2D eigenvalue weighted by molar-refractivity contribution is 5.88. The Morgan fingerprint density at radius 3 is 1.33 bits per heavy atom. The van der Waals surface area contributed by atoms with E-state index in [-0.39, 0.29) is 127 Å². The molecule has 0 saturated heterocycles. The number of ether oxygens (including phenoxy) is 4. The van der Waals surface area contributed by atoms with E-state index in [1.807, 2.05) is 35.0 Å². The van der Waals surface area contributed by atoms with Gasteiger partial charge in [0.15, 0.2) is 0 Å². The Hall–Kier alpha value is -4.28. The molecule has 9 N–H and O–H groups in total. The number of rotatable bonds is 49. The molecule has 0 aliphatic heterocycles. The van der Waals surface area contributed by atoms with Crippen LogP contribution in [0, 0.1) is 0 Å². The molecule has 0 bridgehead atoms. The number of hydrogen-bond acceptors (Lipinski definition) is 13. The van der Waals surface area contributed by atoms with Crippen molar-refractivity contribution in [1.82, 2.24) is 26.6 Å². The molecule has 0 aliphatic rings. The van der Waals surface area contributed by atoms with Gasteiger partial charge in [-0.05, 0) is 46.1 Å². The largest absolute Gasteiger partial charge is 0.481 e. The molecule has 0 spiro atoms. The van der Waals surface area contributed by atoms with E-state index in [0.29, 0.717) is 30.4 Å². The zero-order valence-corrected chi connectivity index (χ0v) is 46.2. The van der Waals surface area contributed by atoms with Crippen molar-refractivity contribution >= 4 is 47.3 Å². The first-order valence-corrected chi connectivity index (χ1v) is 27.0. The number of nitrogens with zero attached hydrogens (tertiary/aromatic N) is 1. The van der Waals surface area contributed by atoms with Crippen LogP contribution in [0.5, 0.6) is 0 Å². The van der Waals surface area contributed by atoms with Crippen molar-refractivity contribution in [2.75, 3.05) is 107 Å². The molecule has 73 heavy (non-hydrogen) atoms. The molecule has 0 heterocycles. The van der Waals surface area contributed by atoms with E-state index >= 15 is 0 Å². The number of hydrogen-bond donors (Lipinski definition) is 8. The van der Waals surface area contributed by atoms with Crippen LogP contribution in [0.3, 0.4) is 0 Å². The minimum Gasteiger partial charge on any atom is -0.481 e. The lowest BCUT2D eigenvalue weighted by atomic mass is 10.0. The summed E-state index contributed by atoms with van der Waals surface area (Å²) < 4.78 is 21.9. The summed E-state index contributed by atoms with van der Waals surface area (Å²) in [5.74, 6) is -3.34. The Bertz CT molecular complexity index is 1430. The topological polar surface area (TPSA) is 300 Å². The zero-order chi connectivity index (χ0) is 55.4. The summed E-state index contributed by atoms with van der Waals surface area (Å²) in [4.78, 5) is 96.1. The Kier molecular flexibility index (Phi) is 52.6. The summed E-state index contributed by atoms with van der Waals surface area (Å²) in [7, 11) is 7.16. The maximum Gasteiger partial charge on any atom is 0.305 e. The molecule has 0 aliphatic carbocycles. The molecule has 5 amide bonds. The van der Waals surface area contributed by atoms with E-state index in [2.05, 4.69) is 32.3 Å². The number of likely N-dealkylation sites (N-methyl/N-ethyl adjacent to an activating group) is 1. The fourth-order valence-electron chi connectivity index (χ4n) is 7.22. The summed E-state index contributed by atoms with van der Waals surface area (Å²) in [5.41, 5.74) is 4.50. The maximum absolute atomic E-state index is 13.5. The highest BCUT2D eigenvalue weighted by Gasteiger charge is 2.28. The van der Waals surface area contributed by atoms with Crippen molar-refractivity contribution in [3.05, 3.63) is 0 Å². The van der Waals surface area contributed by atoms with Gasteiger partial charge in [0.05, 0.1) is 79.8 Å². The van der Waals surface area contributed by atoms with Gasteiger partial charge < -0.3 is 70.8 Å². The van der Waals surface area contributed by atoms with Crippen LogP contribution in [-0.4, -0.2) is 181 Å². The number of Topliss-reactive ketones (excluding diaryl/α,β-unsaturated/α-hetero) is 1. The van der Waals surface area contributed by atoms with Gasteiger partial charge in [0.25, 0.3) is 0 Å². The zero-order valence-electron chi connectivity index (χ0n) is 46.2. The van der Waals surface area contributed by atoms with Crippen molar-refractivity contribution in [3.8, 4) is 0 Å². The molecule has 21 heteroatoms. The molecule has 0 aromatic rings. The minimum atomic E-state index is -1.06. The Morgan fingerprint density at radius 2 is 0.877 bits per heavy atom. The van der Waals surface area contributed by atoms with Gasteiger partial charge in [-0.15, -0.1) is 0 Å². The van der Waals surface area contributed by atoms with Gasteiger partial charge in [-0.25, -0.2) is 0 Å². The van der Waals surface area contributed by atoms with Gasteiger partial charge in [-0.3, -0.25) is 33.6 Å². The number of carbonyl (C=O) groups excluding carboxylic acids is 6. The van der Waals surface area contributed by atoms with Crippen molar-refractivity contribution in [1.29, 1.82) is 0 Å². The van der Waals surface area contributed by atoms with Crippen molar-refractivity contribution < 1.29 is 72.0 Å². The summed E-state index contributed by atoms with van der Waals surface area (Å²) in [6, 6.07) is -1.71. The van der Waals surface area contributed by atoms with Gasteiger partial charge >= 0.3 is 11.9 Å². The summed E-state index contributed by atoms with van der Waals surface area (Å²) in [6.07, 6.45) is 18.0. The number of carboxylic acids is 2. The number of carboxylic acid groups (broad SMARTS) is 2. The first-order valence-electron chi connectivity index (χ1n) is 27.0. The van der Waals surface area contributed by atoms with E-state index in [0.717, 1.165) is 70.6 Å².